The average Bonchev–Trinajstić information content (AvgIpc) is 3.59. The number of hydrogen-bond acceptors (Lipinski definition) is 5. The third-order valence-corrected chi connectivity index (χ3v) is 7.44. The van der Waals surface area contributed by atoms with E-state index < -0.39 is 35.6 Å². The Hall–Kier alpha value is -2.94. The highest BCUT2D eigenvalue weighted by molar-refractivity contribution is 6.38. The summed E-state index contributed by atoms with van der Waals surface area (Å²) in [5.41, 5.74) is 0.667. The number of amides is 4. The third-order valence-electron chi connectivity index (χ3n) is 7.19. The molecule has 1 aromatic rings. The van der Waals surface area contributed by atoms with Gasteiger partial charge in [-0.25, -0.2) is 0 Å². The molecule has 0 aromatic heterocycles. The third kappa shape index (κ3) is 9.64. The molecule has 1 aliphatic carbocycles. The molecule has 9 nitrogen and oxygen atoms in total. The van der Waals surface area contributed by atoms with E-state index in [1.54, 1.807) is 12.1 Å². The van der Waals surface area contributed by atoms with E-state index in [9.17, 15) is 24.0 Å². The average molecular weight is 561 g/mol. The fourth-order valence-corrected chi connectivity index (χ4v) is 4.96. The van der Waals surface area contributed by atoms with Crippen molar-refractivity contribution < 1.29 is 24.0 Å². The lowest BCUT2D eigenvalue weighted by Gasteiger charge is -2.29. The van der Waals surface area contributed by atoms with Crippen molar-refractivity contribution in [2.45, 2.75) is 96.7 Å². The quantitative estimate of drug-likeness (QED) is 0.275. The second-order valence-corrected chi connectivity index (χ2v) is 12.4. The topological polar surface area (TPSA) is 133 Å². The Morgan fingerprint density at radius 2 is 1.69 bits per heavy atom. The summed E-state index contributed by atoms with van der Waals surface area (Å²) >= 11 is 6.01. The maximum atomic E-state index is 13.5. The Morgan fingerprint density at radius 1 is 1.03 bits per heavy atom. The van der Waals surface area contributed by atoms with E-state index in [-0.39, 0.29) is 42.0 Å². The largest absolute Gasteiger partial charge is 0.356 e. The van der Waals surface area contributed by atoms with Crippen molar-refractivity contribution in [3.05, 3.63) is 34.9 Å². The van der Waals surface area contributed by atoms with E-state index in [0.717, 1.165) is 24.8 Å². The predicted molar refractivity (Wildman–Crippen MR) is 149 cm³/mol. The van der Waals surface area contributed by atoms with E-state index in [1.165, 1.54) is 0 Å². The van der Waals surface area contributed by atoms with E-state index in [1.807, 2.05) is 39.8 Å². The second-order valence-electron chi connectivity index (χ2n) is 11.9. The highest BCUT2D eigenvalue weighted by atomic mass is 35.5. The summed E-state index contributed by atoms with van der Waals surface area (Å²) in [6.07, 6.45) is 3.40. The molecule has 4 amide bonds. The zero-order chi connectivity index (χ0) is 28.7. The van der Waals surface area contributed by atoms with E-state index in [4.69, 9.17) is 11.6 Å². The molecule has 1 saturated carbocycles. The van der Waals surface area contributed by atoms with Crippen molar-refractivity contribution in [1.29, 1.82) is 0 Å². The van der Waals surface area contributed by atoms with Crippen LogP contribution in [0.4, 0.5) is 0 Å². The number of halogens is 1. The van der Waals surface area contributed by atoms with Crippen molar-refractivity contribution in [3.63, 3.8) is 0 Å². The maximum Gasteiger partial charge on any atom is 0.289 e. The lowest BCUT2D eigenvalue weighted by molar-refractivity contribution is -0.141. The Balaban J connectivity index is 1.73. The molecule has 2 fully saturated rings. The number of benzene rings is 1. The lowest BCUT2D eigenvalue weighted by Crippen LogP contribution is -2.55. The van der Waals surface area contributed by atoms with Crippen LogP contribution in [-0.4, -0.2) is 54.1 Å². The van der Waals surface area contributed by atoms with Crippen molar-refractivity contribution in [2.75, 3.05) is 6.54 Å². The van der Waals surface area contributed by atoms with E-state index >= 15 is 0 Å². The monoisotopic (exact) mass is 560 g/mol. The molecule has 10 heteroatoms. The molecule has 2 aliphatic rings. The van der Waals surface area contributed by atoms with Crippen LogP contribution in [0, 0.1) is 11.3 Å². The maximum absolute atomic E-state index is 13.5. The van der Waals surface area contributed by atoms with Crippen molar-refractivity contribution in [3.8, 4) is 0 Å². The summed E-state index contributed by atoms with van der Waals surface area (Å²) in [7, 11) is 0. The van der Waals surface area contributed by atoms with E-state index in [0.29, 0.717) is 24.4 Å². The van der Waals surface area contributed by atoms with Gasteiger partial charge in [-0.1, -0.05) is 51.4 Å². The fraction of sp³-hybridized carbons (Fsp3) is 0.621. The van der Waals surface area contributed by atoms with Crippen molar-refractivity contribution in [2.24, 2.45) is 11.3 Å². The summed E-state index contributed by atoms with van der Waals surface area (Å²) in [5, 5.41) is 11.6. The van der Waals surface area contributed by atoms with Gasteiger partial charge in [-0.15, -0.1) is 0 Å². The van der Waals surface area contributed by atoms with Crippen molar-refractivity contribution >= 4 is 41.0 Å². The summed E-state index contributed by atoms with van der Waals surface area (Å²) in [6, 6.07) is 5.26. The molecule has 214 valence electrons. The molecule has 39 heavy (non-hydrogen) atoms. The summed E-state index contributed by atoms with van der Waals surface area (Å²) in [5.74, 6) is -3.09. The number of ketones is 1. The van der Waals surface area contributed by atoms with Gasteiger partial charge in [0.15, 0.2) is 0 Å². The molecule has 0 radical (unpaired) electrons. The second kappa shape index (κ2) is 13.4. The van der Waals surface area contributed by atoms with Crippen LogP contribution in [-0.2, 0) is 24.0 Å². The molecule has 1 aromatic carbocycles. The number of carbonyl (C=O) groups excluding carboxylic acids is 5. The Kier molecular flexibility index (Phi) is 10.5. The normalized spacial score (nSPS) is 19.4. The molecule has 0 bridgehead atoms. The first-order valence-corrected chi connectivity index (χ1v) is 14.2. The summed E-state index contributed by atoms with van der Waals surface area (Å²) < 4.78 is 0. The molecule has 1 aliphatic heterocycles. The van der Waals surface area contributed by atoms with Crippen LogP contribution in [0.5, 0.6) is 0 Å². The van der Waals surface area contributed by atoms with Gasteiger partial charge >= 0.3 is 0 Å². The zero-order valence-corrected chi connectivity index (χ0v) is 24.0. The SMILES string of the molecule is CC[C@H](CC(=O)N[C@@H](CC(C)(C)C)C(=O)NC(C[C@@H]1CCNC1=O)C(=O)C(=O)NC1CC1)c1ccc(Cl)cc1. The van der Waals surface area contributed by atoms with Gasteiger partial charge < -0.3 is 21.3 Å². The molecular weight excluding hydrogens is 520 g/mol. The first-order chi connectivity index (χ1) is 18.4. The fourth-order valence-electron chi connectivity index (χ4n) is 4.83. The van der Waals surface area contributed by atoms with Crippen LogP contribution < -0.4 is 21.3 Å². The van der Waals surface area contributed by atoms with Gasteiger partial charge in [-0.2, -0.15) is 0 Å². The molecule has 4 N–H and O–H groups in total. The standard InChI is InChI=1S/C29H41ClN4O5/c1-5-17(18-6-8-20(30)9-7-18)15-24(35)33-23(16-29(2,3)4)27(38)34-22(14-19-12-13-31-26(19)37)25(36)28(39)32-21-10-11-21/h6-9,17,19,21-23H,5,10-16H2,1-4H3,(H,31,37)(H,32,39)(H,33,35)(H,34,38)/t17-,19+,22?,23+/m1/s1. The number of hydrogen-bond donors (Lipinski definition) is 4. The molecule has 3 rings (SSSR count). The molecule has 1 unspecified atom stereocenters. The highest BCUT2D eigenvalue weighted by Crippen LogP contribution is 2.26. The lowest BCUT2D eigenvalue weighted by atomic mass is 9.87. The summed E-state index contributed by atoms with van der Waals surface area (Å²) in [6.45, 7) is 8.35. The van der Waals surface area contributed by atoms with Crippen LogP contribution >= 0.6 is 11.6 Å². The van der Waals surface area contributed by atoms with Gasteiger partial charge in [0.25, 0.3) is 5.91 Å². The number of Topliss-reactive ketones (excluding diaryl/α,β-unsaturated/α-hetero) is 1. The van der Waals surface area contributed by atoms with Gasteiger partial charge in [-0.3, -0.25) is 24.0 Å². The highest BCUT2D eigenvalue weighted by Gasteiger charge is 2.37. The smallest absolute Gasteiger partial charge is 0.289 e. The van der Waals surface area contributed by atoms with Gasteiger partial charge in [0.1, 0.15) is 6.04 Å². The van der Waals surface area contributed by atoms with Gasteiger partial charge in [0.05, 0.1) is 6.04 Å². The minimum atomic E-state index is -1.16. The molecule has 1 saturated heterocycles. The molecule has 1 heterocycles. The molecule has 4 atom stereocenters. The van der Waals surface area contributed by atoms with Crippen LogP contribution in [0.2, 0.25) is 5.02 Å². The summed E-state index contributed by atoms with van der Waals surface area (Å²) in [4.78, 5) is 64.5. The predicted octanol–water partition coefficient (Wildman–Crippen LogP) is 3.00. The molecule has 0 spiro atoms. The van der Waals surface area contributed by atoms with E-state index in [2.05, 4.69) is 21.3 Å². The van der Waals surface area contributed by atoms with Crippen LogP contribution in [0.3, 0.4) is 0 Å². The zero-order valence-electron chi connectivity index (χ0n) is 23.3. The van der Waals surface area contributed by atoms with Crippen LogP contribution in [0.1, 0.15) is 84.1 Å². The number of carbonyl (C=O) groups is 5. The molecular formula is C29H41ClN4O5. The number of rotatable bonds is 13. The Morgan fingerprint density at radius 3 is 2.23 bits per heavy atom. The minimum Gasteiger partial charge on any atom is -0.356 e. The number of nitrogens with one attached hydrogen (secondary N) is 4. The van der Waals surface area contributed by atoms with Gasteiger partial charge in [0.2, 0.25) is 23.5 Å². The first kappa shape index (κ1) is 30.6. The first-order valence-electron chi connectivity index (χ1n) is 13.8. The van der Waals surface area contributed by atoms with Crippen molar-refractivity contribution in [1.82, 2.24) is 21.3 Å². The Bertz CT molecular complexity index is 1060. The van der Waals surface area contributed by atoms with Gasteiger partial charge in [-0.05, 0) is 67.6 Å². The minimum absolute atomic E-state index is 0.0207. The van der Waals surface area contributed by atoms with Crippen LogP contribution in [0.25, 0.3) is 0 Å². The van der Waals surface area contributed by atoms with Crippen LogP contribution in [0.15, 0.2) is 24.3 Å². The van der Waals surface area contributed by atoms with Gasteiger partial charge in [0, 0.05) is 29.9 Å². The Labute approximate surface area is 235 Å².